The molecule has 3 amide bonds. The second kappa shape index (κ2) is 4.48. The molecule has 0 saturated carbocycles. The summed E-state index contributed by atoms with van der Waals surface area (Å²) in [5.74, 6) is -0.970. The van der Waals surface area contributed by atoms with Gasteiger partial charge in [0.2, 0.25) is 0 Å². The van der Waals surface area contributed by atoms with Crippen LogP contribution in [0, 0.1) is 0 Å². The lowest BCUT2D eigenvalue weighted by atomic mass is 10.2. The maximum atomic E-state index is 11.1. The molecule has 0 bridgehead atoms. The number of carbonyl (C=O) groups is 3. The minimum atomic E-state index is -0.861. The highest BCUT2D eigenvalue weighted by molar-refractivity contribution is 6.00. The number of rotatable bonds is 2. The topological polar surface area (TPSA) is 84.9 Å². The molecule has 1 heterocycles. The molecule has 1 fully saturated rings. The quantitative estimate of drug-likeness (QED) is 0.551. The monoisotopic (exact) mass is 230 g/mol. The molecular formula is C9H14N2O5. The molecule has 0 aromatic carbocycles. The van der Waals surface area contributed by atoms with Crippen molar-refractivity contribution >= 4 is 17.9 Å². The first-order valence-corrected chi connectivity index (χ1v) is 4.81. The van der Waals surface area contributed by atoms with E-state index >= 15 is 0 Å². The second-order valence-electron chi connectivity index (χ2n) is 4.28. The number of hydrogen-bond donors (Lipinski definition) is 1. The zero-order valence-electron chi connectivity index (χ0n) is 9.40. The Morgan fingerprint density at radius 1 is 1.25 bits per heavy atom. The summed E-state index contributed by atoms with van der Waals surface area (Å²) in [6.45, 7) is 5.04. The highest BCUT2D eigenvalue weighted by atomic mass is 16.8. The first-order chi connectivity index (χ1) is 7.29. The SMILES string of the molecule is CC(C)(C)OC(=O)NON1C(=O)CCC1=O. The third-order valence-electron chi connectivity index (χ3n) is 1.62. The van der Waals surface area contributed by atoms with Crippen molar-refractivity contribution in [3.8, 4) is 0 Å². The lowest BCUT2D eigenvalue weighted by Gasteiger charge is -2.20. The Labute approximate surface area is 92.6 Å². The Bertz CT molecular complexity index is 304. The summed E-state index contributed by atoms with van der Waals surface area (Å²) in [6, 6.07) is 0. The van der Waals surface area contributed by atoms with Gasteiger partial charge >= 0.3 is 6.09 Å². The van der Waals surface area contributed by atoms with Gasteiger partial charge in [-0.3, -0.25) is 9.59 Å². The smallest absolute Gasteiger partial charge is 0.433 e. The molecule has 1 aliphatic rings. The summed E-state index contributed by atoms with van der Waals surface area (Å²) in [4.78, 5) is 37.8. The summed E-state index contributed by atoms with van der Waals surface area (Å²) in [7, 11) is 0. The average molecular weight is 230 g/mol. The second-order valence-corrected chi connectivity index (χ2v) is 4.28. The van der Waals surface area contributed by atoms with Gasteiger partial charge in [-0.15, -0.1) is 10.0 Å². The first-order valence-electron chi connectivity index (χ1n) is 4.81. The third-order valence-corrected chi connectivity index (χ3v) is 1.62. The summed E-state index contributed by atoms with van der Waals surface area (Å²) < 4.78 is 4.84. The van der Waals surface area contributed by atoms with Crippen LogP contribution < -0.4 is 5.48 Å². The van der Waals surface area contributed by atoms with Crippen molar-refractivity contribution in [3.05, 3.63) is 0 Å². The maximum Gasteiger partial charge on any atom is 0.433 e. The first kappa shape index (κ1) is 12.4. The molecule has 1 rings (SSSR count). The summed E-state index contributed by atoms with van der Waals surface area (Å²) in [6.07, 6.45) is -0.677. The summed E-state index contributed by atoms with van der Waals surface area (Å²) in [5, 5.41) is 0.518. The highest BCUT2D eigenvalue weighted by Crippen LogP contribution is 2.11. The third kappa shape index (κ3) is 3.50. The van der Waals surface area contributed by atoms with Gasteiger partial charge in [-0.1, -0.05) is 0 Å². The Balaban J connectivity index is 2.37. The van der Waals surface area contributed by atoms with Crippen molar-refractivity contribution in [2.45, 2.75) is 39.2 Å². The molecule has 0 radical (unpaired) electrons. The molecule has 0 aromatic rings. The minimum absolute atomic E-state index is 0.0921. The molecule has 1 saturated heterocycles. The van der Waals surface area contributed by atoms with Gasteiger partial charge in [-0.2, -0.15) is 5.48 Å². The predicted octanol–water partition coefficient (Wildman–Crippen LogP) is 0.507. The van der Waals surface area contributed by atoms with E-state index in [2.05, 4.69) is 4.94 Å². The van der Waals surface area contributed by atoms with Crippen molar-refractivity contribution in [3.63, 3.8) is 0 Å². The zero-order chi connectivity index (χ0) is 12.3. The number of imide groups is 1. The summed E-state index contributed by atoms with van der Waals surface area (Å²) >= 11 is 0. The van der Waals surface area contributed by atoms with E-state index in [-0.39, 0.29) is 12.8 Å². The molecule has 7 heteroatoms. The Morgan fingerprint density at radius 2 is 1.75 bits per heavy atom. The molecule has 0 atom stereocenters. The number of nitrogens with zero attached hydrogens (tertiary/aromatic N) is 1. The Morgan fingerprint density at radius 3 is 2.19 bits per heavy atom. The van der Waals surface area contributed by atoms with Crippen LogP contribution >= 0.6 is 0 Å². The minimum Gasteiger partial charge on any atom is -0.442 e. The van der Waals surface area contributed by atoms with E-state index in [4.69, 9.17) is 4.74 Å². The van der Waals surface area contributed by atoms with Crippen LogP contribution in [0.4, 0.5) is 4.79 Å². The highest BCUT2D eigenvalue weighted by Gasteiger charge is 2.31. The molecule has 0 aliphatic carbocycles. The number of hydrogen-bond acceptors (Lipinski definition) is 5. The van der Waals surface area contributed by atoms with Crippen LogP contribution in [0.15, 0.2) is 0 Å². The molecular weight excluding hydrogens is 216 g/mol. The molecule has 1 aliphatic heterocycles. The molecule has 90 valence electrons. The van der Waals surface area contributed by atoms with Crippen molar-refractivity contribution in [2.24, 2.45) is 0 Å². The van der Waals surface area contributed by atoms with Gasteiger partial charge in [0, 0.05) is 12.8 Å². The van der Waals surface area contributed by atoms with Gasteiger partial charge in [0.1, 0.15) is 5.60 Å². The van der Waals surface area contributed by atoms with Gasteiger partial charge in [0.25, 0.3) is 11.8 Å². The van der Waals surface area contributed by atoms with Gasteiger partial charge in [0.05, 0.1) is 0 Å². The average Bonchev–Trinajstić information content (AvgIpc) is 2.41. The van der Waals surface area contributed by atoms with E-state index < -0.39 is 23.5 Å². The fourth-order valence-electron chi connectivity index (χ4n) is 1.04. The van der Waals surface area contributed by atoms with Crippen LogP contribution in [-0.4, -0.2) is 28.6 Å². The molecule has 7 nitrogen and oxygen atoms in total. The molecule has 0 unspecified atom stereocenters. The number of amides is 3. The van der Waals surface area contributed by atoms with Gasteiger partial charge < -0.3 is 4.74 Å². The van der Waals surface area contributed by atoms with Crippen LogP contribution in [0.5, 0.6) is 0 Å². The Kier molecular flexibility index (Phi) is 3.48. The van der Waals surface area contributed by atoms with Crippen molar-refractivity contribution in [2.75, 3.05) is 0 Å². The number of nitrogens with one attached hydrogen (secondary N) is 1. The maximum absolute atomic E-state index is 11.1. The van der Waals surface area contributed by atoms with E-state index in [1.807, 2.05) is 5.48 Å². The van der Waals surface area contributed by atoms with E-state index in [9.17, 15) is 14.4 Å². The van der Waals surface area contributed by atoms with Crippen LogP contribution in [0.25, 0.3) is 0 Å². The van der Waals surface area contributed by atoms with Gasteiger partial charge in [0.15, 0.2) is 0 Å². The van der Waals surface area contributed by atoms with Crippen molar-refractivity contribution in [1.82, 2.24) is 10.5 Å². The van der Waals surface area contributed by atoms with Gasteiger partial charge in [-0.05, 0) is 20.8 Å². The van der Waals surface area contributed by atoms with E-state index in [1.165, 1.54) is 0 Å². The molecule has 1 N–H and O–H groups in total. The predicted molar refractivity (Wildman–Crippen MR) is 51.5 cm³/mol. The van der Waals surface area contributed by atoms with E-state index in [0.717, 1.165) is 0 Å². The molecule has 0 spiro atoms. The fourth-order valence-corrected chi connectivity index (χ4v) is 1.04. The van der Waals surface area contributed by atoms with Gasteiger partial charge in [-0.25, -0.2) is 4.79 Å². The van der Waals surface area contributed by atoms with Crippen molar-refractivity contribution in [1.29, 1.82) is 0 Å². The lowest BCUT2D eigenvalue weighted by molar-refractivity contribution is -0.204. The lowest BCUT2D eigenvalue weighted by Crippen LogP contribution is -2.40. The molecule has 0 aromatic heterocycles. The van der Waals surface area contributed by atoms with Crippen LogP contribution in [-0.2, 0) is 19.3 Å². The van der Waals surface area contributed by atoms with E-state index in [1.54, 1.807) is 20.8 Å². The number of ether oxygens (including phenoxy) is 1. The zero-order valence-corrected chi connectivity index (χ0v) is 9.40. The number of hydroxylamine groups is 3. The van der Waals surface area contributed by atoms with Crippen LogP contribution in [0.3, 0.4) is 0 Å². The molecule has 16 heavy (non-hydrogen) atoms. The standard InChI is InChI=1S/C9H14N2O5/c1-9(2,3)15-8(14)10-16-11-6(12)4-5-7(11)13/h4-5H2,1-3H3,(H,10,14). The fraction of sp³-hybridized carbons (Fsp3) is 0.667. The number of carbonyl (C=O) groups excluding carboxylic acids is 3. The normalized spacial score (nSPS) is 16.6. The largest absolute Gasteiger partial charge is 0.442 e. The van der Waals surface area contributed by atoms with Crippen LogP contribution in [0.1, 0.15) is 33.6 Å². The van der Waals surface area contributed by atoms with E-state index in [0.29, 0.717) is 5.06 Å². The summed E-state index contributed by atoms with van der Waals surface area (Å²) in [5.41, 5.74) is 1.19. The van der Waals surface area contributed by atoms with Crippen molar-refractivity contribution < 1.29 is 24.1 Å². The Hall–Kier alpha value is -1.63. The van der Waals surface area contributed by atoms with Crippen LogP contribution in [0.2, 0.25) is 0 Å².